The van der Waals surface area contributed by atoms with Gasteiger partial charge >= 0.3 is 0 Å². The number of ether oxygens (including phenoxy) is 10. The summed E-state index contributed by atoms with van der Waals surface area (Å²) in [4.78, 5) is 0. The van der Waals surface area contributed by atoms with Crippen LogP contribution in [0.3, 0.4) is 0 Å². The van der Waals surface area contributed by atoms with Crippen LogP contribution in [-0.4, -0.2) is 93.0 Å². The van der Waals surface area contributed by atoms with Crippen molar-refractivity contribution in [3.05, 3.63) is 41.0 Å². The minimum atomic E-state index is -0.588. The number of unbranched alkanes of at least 4 members (excludes halogenated alkanes) is 4. The molecule has 10 heteroatoms. The van der Waals surface area contributed by atoms with Gasteiger partial charge in [0.1, 0.15) is 47.8 Å². The monoisotopic (exact) mass is 732 g/mol. The minimum absolute atomic E-state index is 0.371. The lowest BCUT2D eigenvalue weighted by atomic mass is 9.87. The van der Waals surface area contributed by atoms with Gasteiger partial charge in [0.25, 0.3) is 0 Å². The van der Waals surface area contributed by atoms with Gasteiger partial charge in [-0.1, -0.05) is 59.4 Å². The van der Waals surface area contributed by atoms with E-state index in [9.17, 15) is 0 Å². The average Bonchev–Trinajstić information content (AvgIpc) is 3.17. The van der Waals surface area contributed by atoms with E-state index in [0.29, 0.717) is 68.2 Å². The van der Waals surface area contributed by atoms with Crippen molar-refractivity contribution in [2.24, 2.45) is 0 Å². The Morgan fingerprint density at radius 3 is 1.69 bits per heavy atom. The molecular formula is C42H68O10. The number of aryl methyl sites for hydroxylation is 1. The van der Waals surface area contributed by atoms with Crippen LogP contribution in [0.25, 0.3) is 0 Å². The third-order valence-corrected chi connectivity index (χ3v) is 9.60. The van der Waals surface area contributed by atoms with E-state index in [1.165, 1.54) is 0 Å². The van der Waals surface area contributed by atoms with Gasteiger partial charge in [0.05, 0.1) is 47.7 Å². The molecule has 0 radical (unpaired) electrons. The van der Waals surface area contributed by atoms with Crippen molar-refractivity contribution in [2.75, 3.05) is 68.6 Å². The van der Waals surface area contributed by atoms with E-state index in [2.05, 4.69) is 33.8 Å². The Morgan fingerprint density at radius 2 is 1.12 bits per heavy atom. The van der Waals surface area contributed by atoms with Crippen LogP contribution in [0.2, 0.25) is 0 Å². The third-order valence-electron chi connectivity index (χ3n) is 9.60. The summed E-state index contributed by atoms with van der Waals surface area (Å²) in [5.74, 6) is 3.39. The predicted octanol–water partition coefficient (Wildman–Crippen LogP) is 8.72. The van der Waals surface area contributed by atoms with Gasteiger partial charge < -0.3 is 47.4 Å². The zero-order chi connectivity index (χ0) is 37.7. The molecule has 52 heavy (non-hydrogen) atoms. The maximum absolute atomic E-state index is 7.13. The molecule has 0 aliphatic carbocycles. The van der Waals surface area contributed by atoms with Gasteiger partial charge in [-0.2, -0.15) is 0 Å². The summed E-state index contributed by atoms with van der Waals surface area (Å²) in [5.41, 5.74) is 2.87. The Balaban J connectivity index is 2.12. The second-order valence-corrected chi connectivity index (χ2v) is 13.3. The summed E-state index contributed by atoms with van der Waals surface area (Å²) >= 11 is 0. The molecule has 1 aliphatic rings. The smallest absolute Gasteiger partial charge is 0.160 e. The van der Waals surface area contributed by atoms with E-state index in [1.807, 2.05) is 18.2 Å². The highest BCUT2D eigenvalue weighted by Gasteiger charge is 2.50. The summed E-state index contributed by atoms with van der Waals surface area (Å²) < 4.78 is 63.0. The SMILES string of the molecule is CCCCOCC1OC(c2c(OC)cc(OC)c(CCCc3ccc(OC)c(OC)c3)c2OC)C(OCCCC)C(OCCCC)C1OCCCC. The Labute approximate surface area is 314 Å². The fourth-order valence-electron chi connectivity index (χ4n) is 6.66. The molecule has 0 bridgehead atoms. The van der Waals surface area contributed by atoms with Crippen LogP contribution in [-0.2, 0) is 36.5 Å². The quantitative estimate of drug-likeness (QED) is 0.0831. The minimum Gasteiger partial charge on any atom is -0.496 e. The van der Waals surface area contributed by atoms with Crippen molar-refractivity contribution in [3.63, 3.8) is 0 Å². The van der Waals surface area contributed by atoms with Crippen LogP contribution in [0, 0.1) is 0 Å². The van der Waals surface area contributed by atoms with Gasteiger partial charge in [0.2, 0.25) is 0 Å². The Kier molecular flexibility index (Phi) is 20.6. The normalized spacial score (nSPS) is 20.1. The lowest BCUT2D eigenvalue weighted by Crippen LogP contribution is -2.58. The molecule has 0 saturated carbocycles. The average molecular weight is 733 g/mol. The highest BCUT2D eigenvalue weighted by molar-refractivity contribution is 5.59. The number of rotatable bonds is 27. The summed E-state index contributed by atoms with van der Waals surface area (Å²) in [6.07, 6.45) is 7.96. The fraction of sp³-hybridized carbons (Fsp3) is 0.714. The number of hydrogen-bond acceptors (Lipinski definition) is 10. The first-order valence-electron chi connectivity index (χ1n) is 19.6. The Hall–Kier alpha value is -2.76. The molecule has 3 rings (SSSR count). The van der Waals surface area contributed by atoms with Crippen molar-refractivity contribution >= 4 is 0 Å². The second kappa shape index (κ2) is 24.5. The molecule has 2 aromatic carbocycles. The van der Waals surface area contributed by atoms with Crippen LogP contribution in [0.5, 0.6) is 28.7 Å². The molecule has 1 aliphatic heterocycles. The van der Waals surface area contributed by atoms with E-state index in [0.717, 1.165) is 80.9 Å². The van der Waals surface area contributed by atoms with E-state index in [-0.39, 0.29) is 6.10 Å². The molecule has 0 N–H and O–H groups in total. The van der Waals surface area contributed by atoms with Crippen molar-refractivity contribution in [2.45, 2.75) is 129 Å². The van der Waals surface area contributed by atoms with Crippen molar-refractivity contribution in [3.8, 4) is 28.7 Å². The molecular weight excluding hydrogens is 664 g/mol. The number of methoxy groups -OCH3 is 5. The number of hydrogen-bond donors (Lipinski definition) is 0. The number of benzene rings is 2. The zero-order valence-electron chi connectivity index (χ0n) is 33.6. The first kappa shape index (κ1) is 43.6. The van der Waals surface area contributed by atoms with Crippen LogP contribution in [0.15, 0.2) is 24.3 Å². The van der Waals surface area contributed by atoms with E-state index in [4.69, 9.17) is 47.4 Å². The molecule has 296 valence electrons. The topological polar surface area (TPSA) is 92.3 Å². The first-order valence-corrected chi connectivity index (χ1v) is 19.6. The molecule has 1 heterocycles. The maximum Gasteiger partial charge on any atom is 0.160 e. The predicted molar refractivity (Wildman–Crippen MR) is 205 cm³/mol. The molecule has 0 aromatic heterocycles. The standard InChI is InChI=1S/C42H68O10/c1-10-14-23-48-29-36-39(49-24-15-11-2)41(50-25-16-12-3)42(51-26-17-13-4)40(52-36)37-35(46-8)28-33(44-6)31(38(37)47-9)20-18-19-30-21-22-32(43-5)34(27-30)45-7/h21-22,27-28,36,39-42H,10-20,23-26,29H2,1-9H3. The molecule has 1 fully saturated rings. The summed E-state index contributed by atoms with van der Waals surface area (Å²) in [7, 11) is 8.35. The molecule has 5 atom stereocenters. The van der Waals surface area contributed by atoms with Crippen molar-refractivity contribution < 1.29 is 47.4 Å². The van der Waals surface area contributed by atoms with E-state index >= 15 is 0 Å². The second-order valence-electron chi connectivity index (χ2n) is 13.3. The maximum atomic E-state index is 7.13. The van der Waals surface area contributed by atoms with Crippen molar-refractivity contribution in [1.29, 1.82) is 0 Å². The van der Waals surface area contributed by atoms with Gasteiger partial charge in [-0.05, 0) is 62.6 Å². The van der Waals surface area contributed by atoms with Gasteiger partial charge in [-0.25, -0.2) is 0 Å². The first-order chi connectivity index (χ1) is 25.5. The Morgan fingerprint density at radius 1 is 0.538 bits per heavy atom. The summed E-state index contributed by atoms with van der Waals surface area (Å²) in [6, 6.07) is 7.99. The molecule has 10 nitrogen and oxygen atoms in total. The van der Waals surface area contributed by atoms with Gasteiger partial charge in [-0.3, -0.25) is 0 Å². The fourth-order valence-corrected chi connectivity index (χ4v) is 6.66. The highest BCUT2D eigenvalue weighted by Crippen LogP contribution is 2.49. The lowest BCUT2D eigenvalue weighted by molar-refractivity contribution is -0.268. The summed E-state index contributed by atoms with van der Waals surface area (Å²) in [5, 5.41) is 0. The third kappa shape index (κ3) is 12.1. The molecule has 2 aromatic rings. The van der Waals surface area contributed by atoms with E-state index in [1.54, 1.807) is 35.5 Å². The van der Waals surface area contributed by atoms with Crippen LogP contribution in [0.4, 0.5) is 0 Å². The van der Waals surface area contributed by atoms with Crippen LogP contribution >= 0.6 is 0 Å². The molecule has 0 amide bonds. The lowest BCUT2D eigenvalue weighted by Gasteiger charge is -2.47. The zero-order valence-corrected chi connectivity index (χ0v) is 33.6. The summed E-state index contributed by atoms with van der Waals surface area (Å²) in [6.45, 7) is 11.5. The molecule has 1 saturated heterocycles. The van der Waals surface area contributed by atoms with Crippen molar-refractivity contribution in [1.82, 2.24) is 0 Å². The van der Waals surface area contributed by atoms with Gasteiger partial charge in [-0.15, -0.1) is 0 Å². The highest BCUT2D eigenvalue weighted by atomic mass is 16.6. The largest absolute Gasteiger partial charge is 0.496 e. The Bertz CT molecular complexity index is 1270. The van der Waals surface area contributed by atoms with Gasteiger partial charge in [0.15, 0.2) is 11.5 Å². The molecule has 5 unspecified atom stereocenters. The van der Waals surface area contributed by atoms with Crippen LogP contribution < -0.4 is 23.7 Å². The van der Waals surface area contributed by atoms with E-state index < -0.39 is 24.4 Å². The van der Waals surface area contributed by atoms with Gasteiger partial charge in [0, 0.05) is 38.1 Å². The molecule has 0 spiro atoms. The van der Waals surface area contributed by atoms with Crippen LogP contribution in [0.1, 0.15) is 108 Å².